The zero-order chi connectivity index (χ0) is 22.8. The summed E-state index contributed by atoms with van der Waals surface area (Å²) < 4.78 is 12.5. The molecule has 0 spiro atoms. The van der Waals surface area contributed by atoms with E-state index in [0.29, 0.717) is 22.6 Å². The van der Waals surface area contributed by atoms with Gasteiger partial charge < -0.3 is 14.6 Å². The van der Waals surface area contributed by atoms with E-state index in [2.05, 4.69) is 18.7 Å². The van der Waals surface area contributed by atoms with Crippen molar-refractivity contribution in [2.75, 3.05) is 14.2 Å². The normalized spacial score (nSPS) is 10.7. The summed E-state index contributed by atoms with van der Waals surface area (Å²) in [5.41, 5.74) is 2.01. The summed E-state index contributed by atoms with van der Waals surface area (Å²) in [6.45, 7) is 4.02. The maximum absolute atomic E-state index is 13.1. The van der Waals surface area contributed by atoms with Gasteiger partial charge in [-0.05, 0) is 41.8 Å². The van der Waals surface area contributed by atoms with Gasteiger partial charge in [-0.25, -0.2) is 4.79 Å². The van der Waals surface area contributed by atoms with E-state index in [0.717, 1.165) is 20.5 Å². The highest BCUT2D eigenvalue weighted by molar-refractivity contribution is 7.22. The Bertz CT molecular complexity index is 1320. The molecule has 0 fully saturated rings. The third kappa shape index (κ3) is 3.76. The molecular formula is C26H20O5S. The van der Waals surface area contributed by atoms with Crippen molar-refractivity contribution in [3.63, 3.8) is 0 Å². The second-order valence-electron chi connectivity index (χ2n) is 7.06. The predicted octanol–water partition coefficient (Wildman–Crippen LogP) is 6.18. The molecular weight excluding hydrogens is 424 g/mol. The zero-order valence-electron chi connectivity index (χ0n) is 17.5. The molecule has 32 heavy (non-hydrogen) atoms. The number of carboxylic acids is 1. The average molecular weight is 445 g/mol. The Hall–Kier alpha value is -3.90. The highest BCUT2D eigenvalue weighted by Crippen LogP contribution is 2.47. The number of aromatic carboxylic acids is 1. The van der Waals surface area contributed by atoms with Crippen LogP contribution in [-0.2, 0) is 0 Å². The van der Waals surface area contributed by atoms with Crippen LogP contribution < -0.4 is 9.47 Å². The molecule has 4 rings (SSSR count). The number of methoxy groups -OCH3 is 2. The Labute approximate surface area is 189 Å². The summed E-state index contributed by atoms with van der Waals surface area (Å²) in [5, 5.41) is 10.2. The molecule has 0 saturated carbocycles. The molecule has 160 valence electrons. The Morgan fingerprint density at radius 1 is 0.906 bits per heavy atom. The van der Waals surface area contributed by atoms with E-state index >= 15 is 0 Å². The molecule has 3 aromatic carbocycles. The molecule has 0 amide bonds. The number of allylic oxidation sites excluding steroid dienone is 1. The Kier molecular flexibility index (Phi) is 5.79. The molecule has 4 aromatic rings. The molecule has 0 aliphatic carbocycles. The van der Waals surface area contributed by atoms with Crippen molar-refractivity contribution in [2.24, 2.45) is 0 Å². The lowest BCUT2D eigenvalue weighted by Crippen LogP contribution is -2.05. The van der Waals surface area contributed by atoms with E-state index in [1.54, 1.807) is 37.7 Å². The number of rotatable bonds is 7. The summed E-state index contributed by atoms with van der Waals surface area (Å²) in [7, 11) is 3.14. The minimum Gasteiger partial charge on any atom is -0.496 e. The fourth-order valence-corrected chi connectivity index (χ4v) is 4.69. The Morgan fingerprint density at radius 2 is 1.59 bits per heavy atom. The van der Waals surface area contributed by atoms with E-state index in [9.17, 15) is 9.59 Å². The molecule has 0 unspecified atom stereocenters. The number of carbonyl (C=O) groups is 2. The second kappa shape index (κ2) is 8.69. The fourth-order valence-electron chi connectivity index (χ4n) is 3.58. The van der Waals surface area contributed by atoms with Crippen molar-refractivity contribution >= 4 is 38.7 Å². The molecule has 0 bridgehead atoms. The molecule has 1 heterocycles. The van der Waals surface area contributed by atoms with Crippen LogP contribution in [0.2, 0.25) is 0 Å². The number of Topliss-reactive ketones (excluding diaryl/α,β-unsaturated/α-hetero) is 1. The maximum Gasteiger partial charge on any atom is 0.335 e. The summed E-state index contributed by atoms with van der Waals surface area (Å²) >= 11 is 1.61. The number of ether oxygens (including phenoxy) is 2. The smallest absolute Gasteiger partial charge is 0.335 e. The van der Waals surface area contributed by atoms with Crippen LogP contribution in [0, 0.1) is 0 Å². The number of carboxylic acid groups (broad SMARTS) is 1. The second-order valence-corrected chi connectivity index (χ2v) is 8.15. The van der Waals surface area contributed by atoms with Gasteiger partial charge in [0.15, 0.2) is 5.78 Å². The molecule has 0 aliphatic heterocycles. The lowest BCUT2D eigenvalue weighted by Gasteiger charge is -2.17. The van der Waals surface area contributed by atoms with Crippen LogP contribution in [0.3, 0.4) is 0 Å². The van der Waals surface area contributed by atoms with Crippen molar-refractivity contribution in [1.82, 2.24) is 0 Å². The van der Waals surface area contributed by atoms with Gasteiger partial charge in [-0.1, -0.05) is 36.9 Å². The number of ketones is 1. The third-order valence-electron chi connectivity index (χ3n) is 5.21. The van der Waals surface area contributed by atoms with E-state index in [-0.39, 0.29) is 16.9 Å². The predicted molar refractivity (Wildman–Crippen MR) is 127 cm³/mol. The lowest BCUT2D eigenvalue weighted by atomic mass is 9.94. The molecule has 0 saturated heterocycles. The molecule has 6 heteroatoms. The van der Waals surface area contributed by atoms with Crippen molar-refractivity contribution in [3.05, 3.63) is 90.0 Å². The minimum absolute atomic E-state index is 0.112. The van der Waals surface area contributed by atoms with Gasteiger partial charge in [0.25, 0.3) is 0 Å². The molecule has 1 N–H and O–H groups in total. The van der Waals surface area contributed by atoms with Crippen LogP contribution in [0.25, 0.3) is 26.1 Å². The van der Waals surface area contributed by atoms with E-state index in [1.165, 1.54) is 24.3 Å². The molecule has 5 nitrogen and oxygen atoms in total. The summed E-state index contributed by atoms with van der Waals surface area (Å²) in [5.74, 6) is -0.236. The van der Waals surface area contributed by atoms with Crippen molar-refractivity contribution < 1.29 is 24.2 Å². The molecule has 1 aromatic heterocycles. The van der Waals surface area contributed by atoms with Gasteiger partial charge in [0.05, 0.1) is 25.3 Å². The quantitative estimate of drug-likeness (QED) is 0.272. The monoisotopic (exact) mass is 444 g/mol. The first-order valence-corrected chi connectivity index (χ1v) is 10.6. The van der Waals surface area contributed by atoms with Gasteiger partial charge >= 0.3 is 5.97 Å². The van der Waals surface area contributed by atoms with Gasteiger partial charge in [0.2, 0.25) is 0 Å². The van der Waals surface area contributed by atoms with E-state index < -0.39 is 5.97 Å². The number of fused-ring (bicyclic) bond motifs is 1. The Morgan fingerprint density at radius 3 is 2.22 bits per heavy atom. The van der Waals surface area contributed by atoms with Crippen LogP contribution >= 0.6 is 11.3 Å². The van der Waals surface area contributed by atoms with Crippen molar-refractivity contribution in [1.29, 1.82) is 0 Å². The Balaban J connectivity index is 1.80. The first-order valence-electron chi connectivity index (χ1n) is 9.76. The summed E-state index contributed by atoms with van der Waals surface area (Å²) in [4.78, 5) is 25.1. The number of hydrogen-bond acceptors (Lipinski definition) is 5. The topological polar surface area (TPSA) is 72.8 Å². The van der Waals surface area contributed by atoms with Gasteiger partial charge in [-0.15, -0.1) is 11.3 Å². The third-order valence-corrected chi connectivity index (χ3v) is 6.34. The zero-order valence-corrected chi connectivity index (χ0v) is 18.4. The SMILES string of the molecule is C=C(C(=O)c1ccc(C(=O)O)cc1)c1ccc(OC)c(-c2cc3ccccc3s2)c1OC. The molecule has 0 aliphatic rings. The van der Waals surface area contributed by atoms with Gasteiger partial charge in [0, 0.05) is 26.3 Å². The van der Waals surface area contributed by atoms with Crippen LogP contribution in [0.5, 0.6) is 11.5 Å². The standard InChI is InChI=1S/C26H20O5S/c1-15(24(27)16-8-10-17(11-9-16)26(28)29)19-12-13-20(30-2)23(25(19)31-3)22-14-18-6-4-5-7-21(18)32-22/h4-14H,1H2,2-3H3,(H,28,29). The van der Waals surface area contributed by atoms with Crippen LogP contribution in [0.4, 0.5) is 0 Å². The number of carbonyl (C=O) groups excluding carboxylic acids is 1. The largest absolute Gasteiger partial charge is 0.496 e. The van der Waals surface area contributed by atoms with Crippen LogP contribution in [-0.4, -0.2) is 31.1 Å². The van der Waals surface area contributed by atoms with Gasteiger partial charge in [-0.2, -0.15) is 0 Å². The first kappa shape index (κ1) is 21.3. The van der Waals surface area contributed by atoms with Crippen molar-refractivity contribution in [2.45, 2.75) is 0 Å². The summed E-state index contributed by atoms with van der Waals surface area (Å²) in [6, 6.07) is 19.5. The minimum atomic E-state index is -1.05. The highest BCUT2D eigenvalue weighted by atomic mass is 32.1. The lowest BCUT2D eigenvalue weighted by molar-refractivity contribution is 0.0696. The highest BCUT2D eigenvalue weighted by Gasteiger charge is 2.23. The van der Waals surface area contributed by atoms with Crippen molar-refractivity contribution in [3.8, 4) is 21.9 Å². The fraction of sp³-hybridized carbons (Fsp3) is 0.0769. The summed E-state index contributed by atoms with van der Waals surface area (Å²) in [6.07, 6.45) is 0. The van der Waals surface area contributed by atoms with Crippen LogP contribution in [0.1, 0.15) is 26.3 Å². The molecule has 0 atom stereocenters. The van der Waals surface area contributed by atoms with Crippen LogP contribution in [0.15, 0.2) is 73.3 Å². The first-order chi connectivity index (χ1) is 15.4. The van der Waals surface area contributed by atoms with Gasteiger partial charge in [0.1, 0.15) is 11.5 Å². The number of hydrogen-bond donors (Lipinski definition) is 1. The number of benzene rings is 3. The van der Waals surface area contributed by atoms with Gasteiger partial charge in [-0.3, -0.25) is 4.79 Å². The number of thiophene rings is 1. The molecule has 0 radical (unpaired) electrons. The average Bonchev–Trinajstić information content (AvgIpc) is 3.26. The van der Waals surface area contributed by atoms with E-state index in [4.69, 9.17) is 14.6 Å². The maximum atomic E-state index is 13.1. The van der Waals surface area contributed by atoms with E-state index in [1.807, 2.05) is 18.2 Å².